The topological polar surface area (TPSA) is 89.5 Å². The molecule has 8 heteroatoms. The first-order chi connectivity index (χ1) is 10.9. The number of hydrogen-bond donors (Lipinski definition) is 2. The molecule has 3 rings (SSSR count). The highest BCUT2D eigenvalue weighted by Crippen LogP contribution is 2.42. The van der Waals surface area contributed by atoms with E-state index in [1.165, 1.54) is 0 Å². The van der Waals surface area contributed by atoms with Crippen molar-refractivity contribution in [1.82, 2.24) is 20.0 Å². The van der Waals surface area contributed by atoms with Gasteiger partial charge in [0.15, 0.2) is 5.69 Å². The highest BCUT2D eigenvalue weighted by Gasteiger charge is 2.53. The van der Waals surface area contributed by atoms with Crippen LogP contribution in [0.4, 0.5) is 0 Å². The lowest BCUT2D eigenvalue weighted by atomic mass is 9.68. The number of carbonyl (C=O) groups excluding carboxylic acids is 1. The molecular weight excluding hydrogens is 320 g/mol. The number of fused-ring (bicyclic) bond motifs is 1. The zero-order valence-electron chi connectivity index (χ0n) is 13.3. The summed E-state index contributed by atoms with van der Waals surface area (Å²) in [5.74, 6) is -0.993. The van der Waals surface area contributed by atoms with Gasteiger partial charge in [-0.05, 0) is 39.8 Å². The Labute approximate surface area is 139 Å². The predicted octanol–water partition coefficient (Wildman–Crippen LogP) is 1.38. The van der Waals surface area contributed by atoms with E-state index in [9.17, 15) is 14.7 Å². The van der Waals surface area contributed by atoms with E-state index >= 15 is 0 Å². The Morgan fingerprint density at radius 3 is 2.74 bits per heavy atom. The number of hydrogen-bond acceptors (Lipinski definition) is 4. The fourth-order valence-electron chi connectivity index (χ4n) is 3.88. The molecular formula is C15H21ClN4O3. The number of likely N-dealkylation sites (N-methyl/N-ethyl adjacent to an activating group) is 1. The number of rotatable bonds is 2. The van der Waals surface area contributed by atoms with E-state index in [0.29, 0.717) is 36.6 Å². The summed E-state index contributed by atoms with van der Waals surface area (Å²) >= 11 is 6.12. The van der Waals surface area contributed by atoms with Gasteiger partial charge in [0.25, 0.3) is 5.91 Å². The third-order valence-electron chi connectivity index (χ3n) is 5.31. The van der Waals surface area contributed by atoms with Gasteiger partial charge < -0.3 is 14.9 Å². The summed E-state index contributed by atoms with van der Waals surface area (Å²) in [4.78, 5) is 28.3. The number of piperidine rings is 2. The Balaban J connectivity index is 1.85. The molecule has 0 saturated carbocycles. The fraction of sp³-hybridized carbons (Fsp3) is 0.667. The molecule has 0 aliphatic carbocycles. The zero-order valence-corrected chi connectivity index (χ0v) is 14.1. The molecule has 2 atom stereocenters. The third-order valence-corrected chi connectivity index (χ3v) is 5.78. The second kappa shape index (κ2) is 5.79. The van der Waals surface area contributed by atoms with Crippen LogP contribution in [0.3, 0.4) is 0 Å². The highest BCUT2D eigenvalue weighted by atomic mass is 35.5. The van der Waals surface area contributed by atoms with E-state index in [4.69, 9.17) is 11.6 Å². The number of nitrogens with zero attached hydrogens (tertiary/aromatic N) is 3. The molecule has 23 heavy (non-hydrogen) atoms. The number of amides is 1. The normalized spacial score (nSPS) is 28.5. The quantitative estimate of drug-likeness (QED) is 0.849. The summed E-state index contributed by atoms with van der Waals surface area (Å²) in [6, 6.07) is -0.176. The van der Waals surface area contributed by atoms with Gasteiger partial charge in [0.05, 0.1) is 16.1 Å². The van der Waals surface area contributed by atoms with Crippen LogP contribution in [-0.2, 0) is 4.79 Å². The first-order valence-corrected chi connectivity index (χ1v) is 8.18. The van der Waals surface area contributed by atoms with Crippen LogP contribution in [0.15, 0.2) is 0 Å². The average molecular weight is 341 g/mol. The summed E-state index contributed by atoms with van der Waals surface area (Å²) in [6.45, 7) is 3.41. The zero-order chi connectivity index (χ0) is 16.8. The lowest BCUT2D eigenvalue weighted by molar-refractivity contribution is -0.161. The summed E-state index contributed by atoms with van der Waals surface area (Å²) < 4.78 is 0. The second-order valence-corrected chi connectivity index (χ2v) is 6.95. The smallest absolute Gasteiger partial charge is 0.311 e. The van der Waals surface area contributed by atoms with Crippen molar-refractivity contribution in [1.29, 1.82) is 0 Å². The molecule has 3 heterocycles. The molecule has 0 bridgehead atoms. The van der Waals surface area contributed by atoms with Crippen molar-refractivity contribution in [3.8, 4) is 0 Å². The van der Waals surface area contributed by atoms with Crippen molar-refractivity contribution in [3.63, 3.8) is 0 Å². The van der Waals surface area contributed by atoms with Gasteiger partial charge in [0.2, 0.25) is 0 Å². The van der Waals surface area contributed by atoms with Crippen molar-refractivity contribution < 1.29 is 14.7 Å². The van der Waals surface area contributed by atoms with Gasteiger partial charge in [-0.1, -0.05) is 11.6 Å². The van der Waals surface area contributed by atoms with Crippen LogP contribution < -0.4 is 0 Å². The number of halogens is 1. The number of aryl methyl sites for hydroxylation is 1. The van der Waals surface area contributed by atoms with Crippen LogP contribution in [0.5, 0.6) is 0 Å². The maximum absolute atomic E-state index is 12.7. The number of nitrogens with one attached hydrogen (secondary N) is 1. The number of aromatic nitrogens is 2. The van der Waals surface area contributed by atoms with Gasteiger partial charge in [-0.2, -0.15) is 5.10 Å². The van der Waals surface area contributed by atoms with Crippen molar-refractivity contribution in [2.24, 2.45) is 5.41 Å². The van der Waals surface area contributed by atoms with E-state index < -0.39 is 11.4 Å². The number of likely N-dealkylation sites (tertiary alicyclic amines) is 2. The lowest BCUT2D eigenvalue weighted by Crippen LogP contribution is -2.63. The average Bonchev–Trinajstić information content (AvgIpc) is 2.86. The van der Waals surface area contributed by atoms with Crippen molar-refractivity contribution in [3.05, 3.63) is 16.4 Å². The van der Waals surface area contributed by atoms with Gasteiger partial charge in [0, 0.05) is 19.1 Å². The molecule has 0 spiro atoms. The standard InChI is InChI=1S/C15H21ClN4O3/c1-9-11(16)12(18-17-9)13(21)20-7-5-15(14(22)23)4-3-6-19(2)10(15)8-20/h10H,3-8H2,1-2H3,(H,17,18)(H,22,23)/t10-,15+/m1/s1. The number of carbonyl (C=O) groups is 2. The predicted molar refractivity (Wildman–Crippen MR) is 84.6 cm³/mol. The summed E-state index contributed by atoms with van der Waals surface area (Å²) in [6.07, 6.45) is 2.00. The Kier molecular flexibility index (Phi) is 4.10. The summed E-state index contributed by atoms with van der Waals surface area (Å²) in [5, 5.41) is 16.8. The molecule has 1 aromatic rings. The van der Waals surface area contributed by atoms with Gasteiger partial charge in [-0.25, -0.2) is 0 Å². The fourth-order valence-corrected chi connectivity index (χ4v) is 4.04. The SMILES string of the molecule is Cc1[nH]nc(C(=O)N2CC[C@@]3(C(=O)O)CCCN(C)[C@@H]3C2)c1Cl. The van der Waals surface area contributed by atoms with Crippen molar-refractivity contribution >= 4 is 23.5 Å². The number of aromatic amines is 1. The lowest BCUT2D eigenvalue weighted by Gasteiger charge is -2.51. The minimum atomic E-state index is -0.755. The highest BCUT2D eigenvalue weighted by molar-refractivity contribution is 6.34. The van der Waals surface area contributed by atoms with Gasteiger partial charge in [-0.3, -0.25) is 14.7 Å². The van der Waals surface area contributed by atoms with Crippen LogP contribution in [0, 0.1) is 12.3 Å². The Hall–Kier alpha value is -1.60. The molecule has 2 saturated heterocycles. The Morgan fingerprint density at radius 1 is 1.39 bits per heavy atom. The van der Waals surface area contributed by atoms with E-state index in [1.807, 2.05) is 7.05 Å². The van der Waals surface area contributed by atoms with E-state index in [1.54, 1.807) is 11.8 Å². The third kappa shape index (κ3) is 2.52. The van der Waals surface area contributed by atoms with Crippen LogP contribution in [-0.4, -0.2) is 69.7 Å². The van der Waals surface area contributed by atoms with Gasteiger partial charge in [-0.15, -0.1) is 0 Å². The van der Waals surface area contributed by atoms with Crippen molar-refractivity contribution in [2.45, 2.75) is 32.2 Å². The van der Waals surface area contributed by atoms with Gasteiger partial charge in [0.1, 0.15) is 0 Å². The molecule has 7 nitrogen and oxygen atoms in total. The maximum atomic E-state index is 12.7. The Bertz CT molecular complexity index is 647. The van der Waals surface area contributed by atoms with Gasteiger partial charge >= 0.3 is 5.97 Å². The number of H-pyrrole nitrogens is 1. The maximum Gasteiger partial charge on any atom is 0.311 e. The molecule has 0 unspecified atom stereocenters. The molecule has 2 aliphatic heterocycles. The molecule has 2 aliphatic rings. The molecule has 1 amide bonds. The van der Waals surface area contributed by atoms with E-state index in [0.717, 1.165) is 13.0 Å². The molecule has 126 valence electrons. The second-order valence-electron chi connectivity index (χ2n) is 6.57. The van der Waals surface area contributed by atoms with E-state index in [-0.39, 0.29) is 17.6 Å². The molecule has 0 aromatic carbocycles. The van der Waals surface area contributed by atoms with Crippen LogP contribution in [0.2, 0.25) is 5.02 Å². The monoisotopic (exact) mass is 340 g/mol. The first kappa shape index (κ1) is 16.3. The Morgan fingerprint density at radius 2 is 2.13 bits per heavy atom. The van der Waals surface area contributed by atoms with E-state index in [2.05, 4.69) is 15.1 Å². The number of carboxylic acids is 1. The van der Waals surface area contributed by atoms with Crippen LogP contribution in [0.1, 0.15) is 35.4 Å². The van der Waals surface area contributed by atoms with Crippen LogP contribution >= 0.6 is 11.6 Å². The first-order valence-electron chi connectivity index (χ1n) is 7.80. The molecule has 0 radical (unpaired) electrons. The van der Waals surface area contributed by atoms with Crippen molar-refractivity contribution in [2.75, 3.05) is 26.7 Å². The largest absolute Gasteiger partial charge is 0.481 e. The molecule has 1 aromatic heterocycles. The number of aliphatic carboxylic acids is 1. The van der Waals surface area contributed by atoms with Crippen LogP contribution in [0.25, 0.3) is 0 Å². The minimum absolute atomic E-state index is 0.176. The molecule has 2 fully saturated rings. The summed E-state index contributed by atoms with van der Waals surface area (Å²) in [5.41, 5.74) is 0.113. The summed E-state index contributed by atoms with van der Waals surface area (Å²) in [7, 11) is 1.93. The molecule has 2 N–H and O–H groups in total. The minimum Gasteiger partial charge on any atom is -0.481 e. The number of carboxylic acid groups (broad SMARTS) is 1.